The molecule has 7 nitrogen and oxygen atoms in total. The summed E-state index contributed by atoms with van der Waals surface area (Å²) < 4.78 is 21.2. The van der Waals surface area contributed by atoms with E-state index in [0.717, 1.165) is 19.4 Å². The molecule has 0 radical (unpaired) electrons. The molecule has 0 aliphatic carbocycles. The van der Waals surface area contributed by atoms with E-state index in [1.54, 1.807) is 0 Å². The molecule has 0 aliphatic heterocycles. The predicted octanol–water partition coefficient (Wildman–Crippen LogP) is 0.0556. The van der Waals surface area contributed by atoms with Crippen molar-refractivity contribution in [3.8, 4) is 0 Å². The molecule has 0 fully saturated rings. The minimum Gasteiger partial charge on any atom is -0.379 e. The Morgan fingerprint density at radius 1 is 0.905 bits per heavy atom. The van der Waals surface area contributed by atoms with Gasteiger partial charge in [0, 0.05) is 6.61 Å². The van der Waals surface area contributed by atoms with Crippen LogP contribution in [0.1, 0.15) is 26.7 Å². The fraction of sp³-hybridized carbons (Fsp3) is 0.929. The van der Waals surface area contributed by atoms with Crippen LogP contribution in [0.25, 0.3) is 0 Å². The van der Waals surface area contributed by atoms with Crippen LogP contribution in [0.15, 0.2) is 0 Å². The first-order valence-corrected chi connectivity index (χ1v) is 7.40. The van der Waals surface area contributed by atoms with Gasteiger partial charge < -0.3 is 30.4 Å². The van der Waals surface area contributed by atoms with Crippen molar-refractivity contribution < 1.29 is 23.7 Å². The summed E-state index contributed by atoms with van der Waals surface area (Å²) in [6.45, 7) is 7.53. The Balaban J connectivity index is 3.18. The van der Waals surface area contributed by atoms with Gasteiger partial charge in [0.05, 0.1) is 46.2 Å². The van der Waals surface area contributed by atoms with Crippen molar-refractivity contribution in [1.82, 2.24) is 0 Å². The smallest absolute Gasteiger partial charge is 0.239 e. The summed E-state index contributed by atoms with van der Waals surface area (Å²) in [6.07, 6.45) is 2.22. The molecule has 0 heterocycles. The van der Waals surface area contributed by atoms with E-state index in [1.165, 1.54) is 6.92 Å². The van der Waals surface area contributed by atoms with Gasteiger partial charge in [-0.25, -0.2) is 0 Å². The van der Waals surface area contributed by atoms with Gasteiger partial charge in [0.1, 0.15) is 5.54 Å². The largest absolute Gasteiger partial charge is 0.379 e. The number of ether oxygens (including phenoxy) is 4. The Labute approximate surface area is 127 Å². The fourth-order valence-electron chi connectivity index (χ4n) is 1.26. The zero-order chi connectivity index (χ0) is 16.0. The molecule has 0 aromatic carbocycles. The molecule has 1 unspecified atom stereocenters. The predicted molar refractivity (Wildman–Crippen MR) is 80.0 cm³/mol. The second kappa shape index (κ2) is 13.0. The van der Waals surface area contributed by atoms with Gasteiger partial charge in [0.25, 0.3) is 0 Å². The highest BCUT2D eigenvalue weighted by molar-refractivity contribution is 5.83. The first-order valence-electron chi connectivity index (χ1n) is 7.40. The van der Waals surface area contributed by atoms with Gasteiger partial charge in [-0.2, -0.15) is 0 Å². The lowest BCUT2D eigenvalue weighted by atomic mass is 10.1. The van der Waals surface area contributed by atoms with Crippen molar-refractivity contribution in [2.45, 2.75) is 32.2 Å². The highest BCUT2D eigenvalue weighted by Gasteiger charge is 2.25. The number of nitrogens with two attached hydrogens (primary N) is 2. The molecular formula is C14H30N2O5. The fourth-order valence-corrected chi connectivity index (χ4v) is 1.26. The first-order chi connectivity index (χ1) is 10.0. The normalized spacial score (nSPS) is 14.0. The van der Waals surface area contributed by atoms with Crippen molar-refractivity contribution >= 4 is 5.91 Å². The van der Waals surface area contributed by atoms with Crippen LogP contribution in [-0.4, -0.2) is 64.3 Å². The Morgan fingerprint density at radius 2 is 1.33 bits per heavy atom. The lowest BCUT2D eigenvalue weighted by Gasteiger charge is -2.19. The third-order valence-corrected chi connectivity index (χ3v) is 2.72. The first kappa shape index (κ1) is 20.3. The highest BCUT2D eigenvalue weighted by Crippen LogP contribution is 1.98. The van der Waals surface area contributed by atoms with E-state index in [0.29, 0.717) is 39.6 Å². The summed E-state index contributed by atoms with van der Waals surface area (Å²) in [5.74, 6) is -0.585. The minimum absolute atomic E-state index is 0.0806. The van der Waals surface area contributed by atoms with Crippen LogP contribution in [0, 0.1) is 0 Å². The average Bonchev–Trinajstić information content (AvgIpc) is 2.43. The maximum Gasteiger partial charge on any atom is 0.239 e. The summed E-state index contributed by atoms with van der Waals surface area (Å²) in [6, 6.07) is 0. The second-order valence-electron chi connectivity index (χ2n) is 5.02. The number of rotatable bonds is 15. The Morgan fingerprint density at radius 3 is 1.76 bits per heavy atom. The van der Waals surface area contributed by atoms with Gasteiger partial charge in [0.15, 0.2) is 0 Å². The Bertz CT molecular complexity index is 262. The van der Waals surface area contributed by atoms with Crippen LogP contribution < -0.4 is 11.5 Å². The molecule has 0 bridgehead atoms. The summed E-state index contributed by atoms with van der Waals surface area (Å²) >= 11 is 0. The third-order valence-electron chi connectivity index (χ3n) is 2.72. The zero-order valence-corrected chi connectivity index (χ0v) is 13.3. The molecule has 0 saturated heterocycles. The van der Waals surface area contributed by atoms with E-state index >= 15 is 0 Å². The SMILES string of the molecule is CCCCOCCOCCOCCOCC(C)(N)C(N)=O. The lowest BCUT2D eigenvalue weighted by Crippen LogP contribution is -2.53. The number of unbranched alkanes of at least 4 members (excludes halogenated alkanes) is 1. The molecule has 7 heteroatoms. The monoisotopic (exact) mass is 306 g/mol. The van der Waals surface area contributed by atoms with Gasteiger partial charge in [-0.1, -0.05) is 13.3 Å². The molecule has 126 valence electrons. The van der Waals surface area contributed by atoms with Crippen molar-refractivity contribution in [3.05, 3.63) is 0 Å². The molecule has 1 atom stereocenters. The highest BCUT2D eigenvalue weighted by atomic mass is 16.6. The quantitative estimate of drug-likeness (QED) is 0.414. The van der Waals surface area contributed by atoms with Gasteiger partial charge >= 0.3 is 0 Å². The van der Waals surface area contributed by atoms with E-state index in [4.69, 9.17) is 30.4 Å². The summed E-state index contributed by atoms with van der Waals surface area (Å²) in [7, 11) is 0. The number of carbonyl (C=O) groups is 1. The maximum absolute atomic E-state index is 10.9. The third kappa shape index (κ3) is 12.7. The van der Waals surface area contributed by atoms with Crippen LogP contribution in [-0.2, 0) is 23.7 Å². The van der Waals surface area contributed by atoms with Crippen LogP contribution in [0.5, 0.6) is 0 Å². The molecule has 0 aromatic heterocycles. The van der Waals surface area contributed by atoms with E-state index in [-0.39, 0.29) is 6.61 Å². The van der Waals surface area contributed by atoms with E-state index in [2.05, 4.69) is 6.92 Å². The molecule has 0 rings (SSSR count). The van der Waals surface area contributed by atoms with Crippen LogP contribution in [0.3, 0.4) is 0 Å². The zero-order valence-electron chi connectivity index (χ0n) is 13.3. The average molecular weight is 306 g/mol. The molecular weight excluding hydrogens is 276 g/mol. The van der Waals surface area contributed by atoms with Crippen molar-refractivity contribution in [2.75, 3.05) is 52.9 Å². The minimum atomic E-state index is -1.14. The summed E-state index contributed by atoms with van der Waals surface area (Å²) in [5.41, 5.74) is 9.60. The number of hydrogen-bond acceptors (Lipinski definition) is 6. The molecule has 0 aromatic rings. The number of primary amides is 1. The van der Waals surface area contributed by atoms with Gasteiger partial charge in [-0.3, -0.25) is 4.79 Å². The van der Waals surface area contributed by atoms with E-state index < -0.39 is 11.4 Å². The van der Waals surface area contributed by atoms with Crippen molar-refractivity contribution in [1.29, 1.82) is 0 Å². The number of carbonyl (C=O) groups excluding carboxylic acids is 1. The van der Waals surface area contributed by atoms with Crippen molar-refractivity contribution in [3.63, 3.8) is 0 Å². The van der Waals surface area contributed by atoms with Crippen molar-refractivity contribution in [2.24, 2.45) is 11.5 Å². The summed E-state index contributed by atoms with van der Waals surface area (Å²) in [5, 5.41) is 0. The van der Waals surface area contributed by atoms with Gasteiger partial charge in [0.2, 0.25) is 5.91 Å². The van der Waals surface area contributed by atoms with Crippen LogP contribution >= 0.6 is 0 Å². The molecule has 0 spiro atoms. The van der Waals surface area contributed by atoms with Crippen LogP contribution in [0.4, 0.5) is 0 Å². The van der Waals surface area contributed by atoms with Crippen LogP contribution in [0.2, 0.25) is 0 Å². The van der Waals surface area contributed by atoms with E-state index in [1.807, 2.05) is 0 Å². The number of amides is 1. The molecule has 4 N–H and O–H groups in total. The standard InChI is InChI=1S/C14H30N2O5/c1-3-4-5-18-6-7-19-8-9-20-10-11-21-12-14(2,16)13(15)17/h3-12,16H2,1-2H3,(H2,15,17). The molecule has 0 saturated carbocycles. The maximum atomic E-state index is 10.9. The van der Waals surface area contributed by atoms with Gasteiger partial charge in [-0.05, 0) is 13.3 Å². The molecule has 1 amide bonds. The Kier molecular flexibility index (Phi) is 12.5. The topological polar surface area (TPSA) is 106 Å². The number of hydrogen-bond donors (Lipinski definition) is 2. The molecule has 0 aliphatic rings. The van der Waals surface area contributed by atoms with E-state index in [9.17, 15) is 4.79 Å². The summed E-state index contributed by atoms with van der Waals surface area (Å²) in [4.78, 5) is 10.9. The second-order valence-corrected chi connectivity index (χ2v) is 5.02. The molecule has 21 heavy (non-hydrogen) atoms. The van der Waals surface area contributed by atoms with Gasteiger partial charge in [-0.15, -0.1) is 0 Å². The lowest BCUT2D eigenvalue weighted by molar-refractivity contribution is -0.125. The Hall–Kier alpha value is -0.730.